The Hall–Kier alpha value is -3.23. The molecule has 2 N–H and O–H groups in total. The summed E-state index contributed by atoms with van der Waals surface area (Å²) in [6, 6.07) is 22.7. The Morgan fingerprint density at radius 1 is 1.13 bits per heavy atom. The highest BCUT2D eigenvalue weighted by molar-refractivity contribution is 7.99. The molecule has 0 unspecified atom stereocenters. The van der Waals surface area contributed by atoms with E-state index >= 15 is 0 Å². The van der Waals surface area contributed by atoms with Crippen LogP contribution in [-0.2, 0) is 6.54 Å². The number of hydrogen-bond donors (Lipinski definition) is 2. The van der Waals surface area contributed by atoms with Crippen molar-refractivity contribution in [1.82, 2.24) is 10.7 Å². The topological polar surface area (TPSA) is 79.6 Å². The van der Waals surface area contributed by atoms with E-state index in [4.69, 9.17) is 12.2 Å². The Morgan fingerprint density at radius 3 is 2.57 bits per heavy atom. The van der Waals surface area contributed by atoms with Crippen molar-refractivity contribution >= 4 is 41.0 Å². The van der Waals surface area contributed by atoms with Gasteiger partial charge in [-0.3, -0.25) is 15.5 Å². The number of nitrogens with zero attached hydrogens (tertiary/aromatic N) is 2. The van der Waals surface area contributed by atoms with Crippen LogP contribution >= 0.6 is 24.0 Å². The molecule has 0 radical (unpaired) electrons. The molecule has 3 aromatic carbocycles. The van der Waals surface area contributed by atoms with Gasteiger partial charge in [-0.2, -0.15) is 5.10 Å². The zero-order chi connectivity index (χ0) is 21.3. The SMILES string of the molecule is Cc1ccc(Sc2ccc(/C=N/NC(=S)NCc3ccccc3)cc2[N+](=O)[O-])cc1. The predicted octanol–water partition coefficient (Wildman–Crippen LogP) is 5.05. The molecule has 0 aliphatic carbocycles. The standard InChI is InChI=1S/C22H20N4O2S2/c1-16-7-10-19(11-8-16)30-21-12-9-18(13-20(21)26(27)28)15-24-25-22(29)23-14-17-5-3-2-4-6-17/h2-13,15H,14H2,1H3,(H2,23,25,29)/b24-15+. The van der Waals surface area contributed by atoms with Crippen molar-refractivity contribution in [3.63, 3.8) is 0 Å². The van der Waals surface area contributed by atoms with Gasteiger partial charge in [0.2, 0.25) is 0 Å². The molecule has 30 heavy (non-hydrogen) atoms. The Morgan fingerprint density at radius 2 is 1.87 bits per heavy atom. The highest BCUT2D eigenvalue weighted by Gasteiger charge is 2.15. The van der Waals surface area contributed by atoms with Gasteiger partial charge in [0.05, 0.1) is 16.0 Å². The minimum absolute atomic E-state index is 0.0364. The van der Waals surface area contributed by atoms with E-state index in [-0.39, 0.29) is 10.6 Å². The molecule has 0 heterocycles. The molecule has 3 rings (SSSR count). The Balaban J connectivity index is 1.61. The number of thiocarbonyl (C=S) groups is 1. The maximum atomic E-state index is 11.5. The van der Waals surface area contributed by atoms with Crippen molar-refractivity contribution in [3.05, 3.63) is 99.6 Å². The third kappa shape index (κ3) is 6.40. The van der Waals surface area contributed by atoms with E-state index in [1.165, 1.54) is 24.0 Å². The normalized spacial score (nSPS) is 10.7. The first-order valence-corrected chi connectivity index (χ1v) is 10.4. The van der Waals surface area contributed by atoms with E-state index in [0.717, 1.165) is 16.0 Å². The second-order valence-electron chi connectivity index (χ2n) is 6.44. The van der Waals surface area contributed by atoms with Crippen LogP contribution in [0.5, 0.6) is 0 Å². The third-order valence-electron chi connectivity index (χ3n) is 4.10. The summed E-state index contributed by atoms with van der Waals surface area (Å²) in [5.41, 5.74) is 5.61. The molecule has 0 aliphatic heterocycles. The zero-order valence-electron chi connectivity index (χ0n) is 16.2. The van der Waals surface area contributed by atoms with Crippen molar-refractivity contribution in [2.45, 2.75) is 23.3 Å². The lowest BCUT2D eigenvalue weighted by atomic mass is 10.2. The summed E-state index contributed by atoms with van der Waals surface area (Å²) < 4.78 is 0. The lowest BCUT2D eigenvalue weighted by Gasteiger charge is -2.07. The van der Waals surface area contributed by atoms with Gasteiger partial charge in [0.15, 0.2) is 5.11 Å². The molecule has 0 aliphatic rings. The molecule has 0 spiro atoms. The van der Waals surface area contributed by atoms with Gasteiger partial charge >= 0.3 is 0 Å². The first kappa shape index (κ1) is 21.5. The summed E-state index contributed by atoms with van der Waals surface area (Å²) in [6.07, 6.45) is 1.50. The number of rotatable bonds is 7. The van der Waals surface area contributed by atoms with Crippen LogP contribution in [0.25, 0.3) is 0 Å². The fourth-order valence-electron chi connectivity index (χ4n) is 2.56. The van der Waals surface area contributed by atoms with Crippen LogP contribution in [0.2, 0.25) is 0 Å². The fourth-order valence-corrected chi connectivity index (χ4v) is 3.59. The Kier molecular flexibility index (Phi) is 7.53. The molecule has 0 saturated heterocycles. The number of hydrazone groups is 1. The van der Waals surface area contributed by atoms with Gasteiger partial charge in [0.25, 0.3) is 5.69 Å². The molecular weight excluding hydrogens is 416 g/mol. The van der Waals surface area contributed by atoms with E-state index in [1.807, 2.05) is 61.5 Å². The lowest BCUT2D eigenvalue weighted by molar-refractivity contribution is -0.387. The van der Waals surface area contributed by atoms with Crippen LogP contribution in [0.3, 0.4) is 0 Å². The smallest absolute Gasteiger partial charge is 0.283 e. The molecule has 3 aromatic rings. The highest BCUT2D eigenvalue weighted by atomic mass is 32.2. The van der Waals surface area contributed by atoms with Gasteiger partial charge in [0, 0.05) is 23.1 Å². The number of benzene rings is 3. The van der Waals surface area contributed by atoms with Crippen LogP contribution in [-0.4, -0.2) is 16.3 Å². The molecule has 0 fully saturated rings. The van der Waals surface area contributed by atoms with Crippen LogP contribution < -0.4 is 10.7 Å². The van der Waals surface area contributed by atoms with Gasteiger partial charge in [-0.05, 0) is 42.9 Å². The average molecular weight is 437 g/mol. The van der Waals surface area contributed by atoms with Gasteiger partial charge in [-0.1, -0.05) is 65.9 Å². The summed E-state index contributed by atoms with van der Waals surface area (Å²) in [6.45, 7) is 2.58. The minimum atomic E-state index is -0.382. The number of hydrogen-bond acceptors (Lipinski definition) is 5. The highest BCUT2D eigenvalue weighted by Crippen LogP contribution is 2.35. The zero-order valence-corrected chi connectivity index (χ0v) is 17.9. The summed E-state index contributed by atoms with van der Waals surface area (Å²) in [4.78, 5) is 12.7. The van der Waals surface area contributed by atoms with E-state index in [1.54, 1.807) is 12.1 Å². The van der Waals surface area contributed by atoms with Crippen molar-refractivity contribution in [1.29, 1.82) is 0 Å². The molecule has 0 amide bonds. The van der Waals surface area contributed by atoms with E-state index < -0.39 is 0 Å². The van der Waals surface area contributed by atoms with Gasteiger partial charge in [-0.15, -0.1) is 0 Å². The van der Waals surface area contributed by atoms with Crippen LogP contribution in [0.4, 0.5) is 5.69 Å². The molecule has 0 bridgehead atoms. The van der Waals surface area contributed by atoms with Crippen LogP contribution in [0, 0.1) is 17.0 Å². The second-order valence-corrected chi connectivity index (χ2v) is 7.96. The summed E-state index contributed by atoms with van der Waals surface area (Å²) in [5, 5.41) is 19.0. The summed E-state index contributed by atoms with van der Waals surface area (Å²) in [7, 11) is 0. The van der Waals surface area contributed by atoms with Crippen LogP contribution in [0.1, 0.15) is 16.7 Å². The van der Waals surface area contributed by atoms with Gasteiger partial charge < -0.3 is 5.32 Å². The molecule has 6 nitrogen and oxygen atoms in total. The van der Waals surface area contributed by atoms with Crippen LogP contribution in [0.15, 0.2) is 87.7 Å². The quantitative estimate of drug-likeness (QED) is 0.233. The van der Waals surface area contributed by atoms with E-state index in [0.29, 0.717) is 22.1 Å². The fraction of sp³-hybridized carbons (Fsp3) is 0.0909. The maximum absolute atomic E-state index is 11.5. The van der Waals surface area contributed by atoms with Gasteiger partial charge in [0.1, 0.15) is 0 Å². The second kappa shape index (κ2) is 10.5. The molecular formula is C22H20N4O2S2. The monoisotopic (exact) mass is 436 g/mol. The summed E-state index contributed by atoms with van der Waals surface area (Å²) in [5.74, 6) is 0. The van der Waals surface area contributed by atoms with Crippen molar-refractivity contribution < 1.29 is 4.92 Å². The number of nitro groups is 1. The van der Waals surface area contributed by atoms with E-state index in [9.17, 15) is 10.1 Å². The predicted molar refractivity (Wildman–Crippen MR) is 125 cm³/mol. The maximum Gasteiger partial charge on any atom is 0.283 e. The molecule has 0 atom stereocenters. The van der Waals surface area contributed by atoms with Crippen molar-refractivity contribution in [3.8, 4) is 0 Å². The van der Waals surface area contributed by atoms with Crippen molar-refractivity contribution in [2.75, 3.05) is 0 Å². The number of aryl methyl sites for hydroxylation is 1. The Bertz CT molecular complexity index is 1050. The van der Waals surface area contributed by atoms with Crippen molar-refractivity contribution in [2.24, 2.45) is 5.10 Å². The van der Waals surface area contributed by atoms with Gasteiger partial charge in [-0.25, -0.2) is 0 Å². The Labute approximate surface area is 184 Å². The third-order valence-corrected chi connectivity index (χ3v) is 5.41. The first-order chi connectivity index (χ1) is 14.5. The van der Waals surface area contributed by atoms with E-state index in [2.05, 4.69) is 15.8 Å². The first-order valence-electron chi connectivity index (χ1n) is 9.15. The molecule has 0 aromatic heterocycles. The molecule has 0 saturated carbocycles. The number of nitrogens with one attached hydrogen (secondary N) is 2. The minimum Gasteiger partial charge on any atom is -0.357 e. The lowest BCUT2D eigenvalue weighted by Crippen LogP contribution is -2.31. The molecule has 152 valence electrons. The largest absolute Gasteiger partial charge is 0.357 e. The summed E-state index contributed by atoms with van der Waals surface area (Å²) >= 11 is 6.55. The molecule has 8 heteroatoms. The number of nitro benzene ring substituents is 1. The average Bonchev–Trinajstić information content (AvgIpc) is 2.75.